The summed E-state index contributed by atoms with van der Waals surface area (Å²) in [5.41, 5.74) is 0.746. The highest BCUT2D eigenvalue weighted by Crippen LogP contribution is 2.15. The normalized spacial score (nSPS) is 12.9. The first-order valence-electron chi connectivity index (χ1n) is 7.38. The van der Waals surface area contributed by atoms with Gasteiger partial charge in [0.2, 0.25) is 0 Å². The summed E-state index contributed by atoms with van der Waals surface area (Å²) in [6.07, 6.45) is 0.502. The quantitative estimate of drug-likeness (QED) is 0.642. The van der Waals surface area contributed by atoms with Crippen molar-refractivity contribution in [1.82, 2.24) is 5.32 Å². The zero-order valence-electron chi connectivity index (χ0n) is 12.9. The number of hydrogen-bond acceptors (Lipinski definition) is 4. The number of unbranched alkanes of at least 4 members (excludes halogenated alkanes) is 1. The van der Waals surface area contributed by atoms with Crippen molar-refractivity contribution in [2.24, 2.45) is 5.92 Å². The van der Waals surface area contributed by atoms with Crippen molar-refractivity contribution in [1.29, 1.82) is 0 Å². The predicted octanol–water partition coefficient (Wildman–Crippen LogP) is 2.26. The van der Waals surface area contributed by atoms with Crippen molar-refractivity contribution in [3.05, 3.63) is 35.9 Å². The SMILES string of the molecule is CCCCC(C(=O)O)[C@@H](NC(=O)OCc1ccccc1)C(=O)O. The standard InChI is InChI=1S/C16H21NO6/c1-2-3-9-12(14(18)19)13(15(20)21)17-16(22)23-10-11-7-5-4-6-8-11/h4-8,12-13H,2-3,9-10H2,1H3,(H,17,22)(H,18,19)(H,20,21)/t12?,13-/m1/s1. The van der Waals surface area contributed by atoms with Crippen LogP contribution in [0.3, 0.4) is 0 Å². The molecule has 0 bridgehead atoms. The van der Waals surface area contributed by atoms with Gasteiger partial charge in [-0.3, -0.25) is 4.79 Å². The Morgan fingerprint density at radius 2 is 1.78 bits per heavy atom. The van der Waals surface area contributed by atoms with Crippen LogP contribution in [0.2, 0.25) is 0 Å². The molecule has 2 atom stereocenters. The molecule has 23 heavy (non-hydrogen) atoms. The summed E-state index contributed by atoms with van der Waals surface area (Å²) in [6.45, 7) is 1.85. The topological polar surface area (TPSA) is 113 Å². The zero-order valence-corrected chi connectivity index (χ0v) is 12.9. The molecule has 3 N–H and O–H groups in total. The van der Waals surface area contributed by atoms with E-state index < -0.39 is 30.0 Å². The lowest BCUT2D eigenvalue weighted by molar-refractivity contribution is -0.151. The molecule has 7 heteroatoms. The molecule has 0 heterocycles. The number of carboxylic acids is 2. The molecule has 0 fully saturated rings. The van der Waals surface area contributed by atoms with Crippen LogP contribution >= 0.6 is 0 Å². The van der Waals surface area contributed by atoms with Crippen LogP contribution in [-0.2, 0) is 20.9 Å². The second kappa shape index (κ2) is 9.45. The van der Waals surface area contributed by atoms with Crippen molar-refractivity contribution in [3.63, 3.8) is 0 Å². The Balaban J connectivity index is 2.64. The van der Waals surface area contributed by atoms with E-state index in [9.17, 15) is 24.6 Å². The smallest absolute Gasteiger partial charge is 0.408 e. The van der Waals surface area contributed by atoms with Crippen LogP contribution in [0.5, 0.6) is 0 Å². The molecule has 0 saturated heterocycles. The fraction of sp³-hybridized carbons (Fsp3) is 0.438. The van der Waals surface area contributed by atoms with Crippen LogP contribution in [0, 0.1) is 5.92 Å². The molecule has 7 nitrogen and oxygen atoms in total. The van der Waals surface area contributed by atoms with Crippen molar-refractivity contribution >= 4 is 18.0 Å². The maximum Gasteiger partial charge on any atom is 0.408 e. The van der Waals surface area contributed by atoms with E-state index in [2.05, 4.69) is 5.32 Å². The maximum absolute atomic E-state index is 11.7. The summed E-state index contributed by atoms with van der Waals surface area (Å²) in [5.74, 6) is -3.85. The van der Waals surface area contributed by atoms with Crippen molar-refractivity contribution in [2.75, 3.05) is 0 Å². The van der Waals surface area contributed by atoms with Gasteiger partial charge < -0.3 is 20.3 Å². The van der Waals surface area contributed by atoms with Gasteiger partial charge in [-0.2, -0.15) is 0 Å². The minimum absolute atomic E-state index is 0.0221. The lowest BCUT2D eigenvalue weighted by Crippen LogP contribution is -2.48. The summed E-state index contributed by atoms with van der Waals surface area (Å²) >= 11 is 0. The van der Waals surface area contributed by atoms with Crippen LogP contribution in [-0.4, -0.2) is 34.3 Å². The van der Waals surface area contributed by atoms with Crippen LogP contribution in [0.25, 0.3) is 0 Å². The molecule has 0 aliphatic rings. The number of rotatable bonds is 9. The first-order chi connectivity index (χ1) is 11.0. The number of carbonyl (C=O) groups is 3. The van der Waals surface area contributed by atoms with Gasteiger partial charge >= 0.3 is 18.0 Å². The van der Waals surface area contributed by atoms with E-state index in [0.29, 0.717) is 6.42 Å². The fourth-order valence-electron chi connectivity index (χ4n) is 2.08. The van der Waals surface area contributed by atoms with Gasteiger partial charge in [0.05, 0.1) is 5.92 Å². The third kappa shape index (κ3) is 6.37. The molecule has 1 unspecified atom stereocenters. The van der Waals surface area contributed by atoms with E-state index in [1.165, 1.54) is 0 Å². The van der Waals surface area contributed by atoms with Crippen LogP contribution in [0.1, 0.15) is 31.7 Å². The Morgan fingerprint density at radius 1 is 1.13 bits per heavy atom. The first kappa shape index (κ1) is 18.5. The number of alkyl carbamates (subject to hydrolysis) is 1. The van der Waals surface area contributed by atoms with E-state index in [1.807, 2.05) is 13.0 Å². The first-order valence-corrected chi connectivity index (χ1v) is 7.38. The van der Waals surface area contributed by atoms with Crippen molar-refractivity contribution in [2.45, 2.75) is 38.8 Å². The summed E-state index contributed by atoms with van der Waals surface area (Å²) < 4.78 is 4.94. The highest BCUT2D eigenvalue weighted by molar-refractivity contribution is 5.86. The van der Waals surface area contributed by atoms with E-state index in [0.717, 1.165) is 12.0 Å². The van der Waals surface area contributed by atoms with E-state index in [1.54, 1.807) is 24.3 Å². The van der Waals surface area contributed by atoms with E-state index in [4.69, 9.17) is 4.74 Å². The van der Waals surface area contributed by atoms with Gasteiger partial charge in [0.1, 0.15) is 12.6 Å². The van der Waals surface area contributed by atoms with Gasteiger partial charge in [-0.25, -0.2) is 9.59 Å². The Morgan fingerprint density at radius 3 is 2.30 bits per heavy atom. The number of carboxylic acid groups (broad SMARTS) is 2. The van der Waals surface area contributed by atoms with Crippen LogP contribution < -0.4 is 5.32 Å². The highest BCUT2D eigenvalue weighted by atomic mass is 16.5. The number of benzene rings is 1. The zero-order chi connectivity index (χ0) is 17.2. The van der Waals surface area contributed by atoms with Gasteiger partial charge in [0, 0.05) is 0 Å². The lowest BCUT2D eigenvalue weighted by Gasteiger charge is -2.21. The predicted molar refractivity (Wildman–Crippen MR) is 81.8 cm³/mol. The van der Waals surface area contributed by atoms with Crippen molar-refractivity contribution < 1.29 is 29.3 Å². The molecule has 1 rings (SSSR count). The van der Waals surface area contributed by atoms with Gasteiger partial charge in [0.25, 0.3) is 0 Å². The second-order valence-electron chi connectivity index (χ2n) is 5.11. The molecule has 1 aromatic carbocycles. The molecule has 0 aromatic heterocycles. The van der Waals surface area contributed by atoms with E-state index in [-0.39, 0.29) is 13.0 Å². The largest absolute Gasteiger partial charge is 0.481 e. The molecule has 0 aliphatic heterocycles. The van der Waals surface area contributed by atoms with Gasteiger partial charge in [-0.05, 0) is 12.0 Å². The summed E-state index contributed by atoms with van der Waals surface area (Å²) in [6, 6.07) is 7.35. The Labute approximate surface area is 134 Å². The third-order valence-electron chi connectivity index (χ3n) is 3.34. The third-order valence-corrected chi connectivity index (χ3v) is 3.34. The van der Waals surface area contributed by atoms with E-state index >= 15 is 0 Å². The summed E-state index contributed by atoms with van der Waals surface area (Å²) in [5, 5.41) is 20.5. The second-order valence-corrected chi connectivity index (χ2v) is 5.11. The average Bonchev–Trinajstić information content (AvgIpc) is 2.52. The lowest BCUT2D eigenvalue weighted by atomic mass is 9.94. The minimum atomic E-state index is -1.53. The molecular weight excluding hydrogens is 302 g/mol. The number of aliphatic carboxylic acids is 2. The van der Waals surface area contributed by atoms with Gasteiger partial charge in [-0.15, -0.1) is 0 Å². The molecule has 1 aromatic rings. The average molecular weight is 323 g/mol. The molecule has 0 radical (unpaired) electrons. The van der Waals surface area contributed by atoms with Gasteiger partial charge in [-0.1, -0.05) is 50.1 Å². The number of amides is 1. The van der Waals surface area contributed by atoms with Crippen molar-refractivity contribution in [3.8, 4) is 0 Å². The maximum atomic E-state index is 11.7. The van der Waals surface area contributed by atoms with Gasteiger partial charge in [0.15, 0.2) is 0 Å². The Kier molecular flexibility index (Phi) is 7.59. The number of hydrogen-bond donors (Lipinski definition) is 3. The number of carbonyl (C=O) groups excluding carboxylic acids is 1. The van der Waals surface area contributed by atoms with Crippen LogP contribution in [0.15, 0.2) is 30.3 Å². The molecule has 0 spiro atoms. The molecule has 0 saturated carbocycles. The Hall–Kier alpha value is -2.57. The summed E-state index contributed by atoms with van der Waals surface area (Å²) in [4.78, 5) is 34.3. The molecule has 0 aliphatic carbocycles. The molecule has 1 amide bonds. The number of nitrogens with one attached hydrogen (secondary N) is 1. The molecule has 126 valence electrons. The molecular formula is C16H21NO6. The monoisotopic (exact) mass is 323 g/mol. The fourth-order valence-corrected chi connectivity index (χ4v) is 2.08. The number of ether oxygens (including phenoxy) is 1. The summed E-state index contributed by atoms with van der Waals surface area (Å²) in [7, 11) is 0. The van der Waals surface area contributed by atoms with Crippen LogP contribution in [0.4, 0.5) is 4.79 Å². The minimum Gasteiger partial charge on any atom is -0.481 e. The highest BCUT2D eigenvalue weighted by Gasteiger charge is 2.34. The Bertz CT molecular complexity index is 531.